The number of carbonyl (C=O) groups excluding carboxylic acids is 3. The molecule has 4 amide bonds. The first-order valence-corrected chi connectivity index (χ1v) is 8.21. The number of imide groups is 1. The standard InChI is InChI=1S/C16H27N3O3/c1-10(2)12(4)17-13(20)9-19-14(21)16(18-15(19)22)8-6-5-7-11(16)3/h10-12H,5-9H2,1-4H3,(H,17,20)(H,18,22)/t11-,12+,16-/m1/s1. The molecule has 6 nitrogen and oxygen atoms in total. The van der Waals surface area contributed by atoms with Gasteiger partial charge in [0, 0.05) is 6.04 Å². The molecule has 0 unspecified atom stereocenters. The zero-order chi connectivity index (χ0) is 16.5. The van der Waals surface area contributed by atoms with Gasteiger partial charge >= 0.3 is 6.03 Å². The topological polar surface area (TPSA) is 78.5 Å². The molecule has 1 heterocycles. The number of urea groups is 1. The van der Waals surface area contributed by atoms with E-state index in [2.05, 4.69) is 10.6 Å². The van der Waals surface area contributed by atoms with Gasteiger partial charge in [0.05, 0.1) is 0 Å². The van der Waals surface area contributed by atoms with E-state index in [1.54, 1.807) is 0 Å². The van der Waals surface area contributed by atoms with Crippen LogP contribution >= 0.6 is 0 Å². The summed E-state index contributed by atoms with van der Waals surface area (Å²) >= 11 is 0. The van der Waals surface area contributed by atoms with Crippen molar-refractivity contribution in [2.75, 3.05) is 6.54 Å². The zero-order valence-corrected chi connectivity index (χ0v) is 13.9. The number of amides is 4. The van der Waals surface area contributed by atoms with E-state index in [0.717, 1.165) is 24.2 Å². The second-order valence-corrected chi connectivity index (χ2v) is 7.04. The molecule has 124 valence electrons. The Balaban J connectivity index is 2.05. The van der Waals surface area contributed by atoms with Crippen LogP contribution in [0.15, 0.2) is 0 Å². The smallest absolute Gasteiger partial charge is 0.325 e. The molecule has 2 rings (SSSR count). The predicted molar refractivity (Wildman–Crippen MR) is 83.1 cm³/mol. The van der Waals surface area contributed by atoms with E-state index in [0.29, 0.717) is 12.3 Å². The molecular formula is C16H27N3O3. The summed E-state index contributed by atoms with van der Waals surface area (Å²) < 4.78 is 0. The molecule has 3 atom stereocenters. The van der Waals surface area contributed by atoms with Crippen LogP contribution in [-0.4, -0.2) is 40.9 Å². The molecule has 6 heteroatoms. The molecular weight excluding hydrogens is 282 g/mol. The Hall–Kier alpha value is -1.59. The summed E-state index contributed by atoms with van der Waals surface area (Å²) in [7, 11) is 0. The Morgan fingerprint density at radius 2 is 2.05 bits per heavy atom. The highest BCUT2D eigenvalue weighted by Crippen LogP contribution is 2.38. The first-order chi connectivity index (χ1) is 10.3. The highest BCUT2D eigenvalue weighted by Gasteiger charge is 2.55. The third-order valence-corrected chi connectivity index (χ3v) is 5.19. The molecule has 2 N–H and O–H groups in total. The molecule has 2 aliphatic rings. The van der Waals surface area contributed by atoms with E-state index < -0.39 is 11.6 Å². The number of rotatable bonds is 4. The summed E-state index contributed by atoms with van der Waals surface area (Å²) in [5.74, 6) is -0.112. The molecule has 1 saturated carbocycles. The molecule has 22 heavy (non-hydrogen) atoms. The SMILES string of the molecule is CC(C)[C@H](C)NC(=O)CN1C(=O)N[C@@]2(CCCC[C@H]2C)C1=O. The number of hydrogen-bond donors (Lipinski definition) is 2. The minimum Gasteiger partial charge on any atom is -0.352 e. The Labute approximate surface area is 132 Å². The lowest BCUT2D eigenvalue weighted by atomic mass is 9.73. The quantitative estimate of drug-likeness (QED) is 0.775. The van der Waals surface area contributed by atoms with E-state index in [-0.39, 0.29) is 30.3 Å². The monoisotopic (exact) mass is 309 g/mol. The second kappa shape index (κ2) is 6.26. The largest absolute Gasteiger partial charge is 0.352 e. The van der Waals surface area contributed by atoms with Crippen molar-refractivity contribution in [3.63, 3.8) is 0 Å². The van der Waals surface area contributed by atoms with Crippen molar-refractivity contribution in [3.05, 3.63) is 0 Å². The van der Waals surface area contributed by atoms with Gasteiger partial charge in [-0.15, -0.1) is 0 Å². The highest BCUT2D eigenvalue weighted by molar-refractivity contribution is 6.09. The second-order valence-electron chi connectivity index (χ2n) is 7.04. The lowest BCUT2D eigenvalue weighted by Gasteiger charge is -2.36. The van der Waals surface area contributed by atoms with Gasteiger partial charge in [0.2, 0.25) is 5.91 Å². The third kappa shape index (κ3) is 2.96. The van der Waals surface area contributed by atoms with Gasteiger partial charge in [-0.05, 0) is 31.6 Å². The first-order valence-electron chi connectivity index (χ1n) is 8.21. The summed E-state index contributed by atoms with van der Waals surface area (Å²) in [4.78, 5) is 38.0. The Bertz CT molecular complexity index is 477. The zero-order valence-electron chi connectivity index (χ0n) is 13.9. The normalized spacial score (nSPS) is 29.9. The predicted octanol–water partition coefficient (Wildman–Crippen LogP) is 1.65. The fourth-order valence-electron chi connectivity index (χ4n) is 3.25. The molecule has 0 aromatic heterocycles. The van der Waals surface area contributed by atoms with E-state index >= 15 is 0 Å². The molecule has 1 aliphatic carbocycles. The van der Waals surface area contributed by atoms with Gasteiger partial charge in [-0.3, -0.25) is 14.5 Å². The van der Waals surface area contributed by atoms with E-state index in [1.165, 1.54) is 0 Å². The van der Waals surface area contributed by atoms with Crippen LogP contribution in [0.3, 0.4) is 0 Å². The summed E-state index contributed by atoms with van der Waals surface area (Å²) in [6.45, 7) is 7.74. The van der Waals surface area contributed by atoms with Gasteiger partial charge in [0.25, 0.3) is 5.91 Å². The number of nitrogens with one attached hydrogen (secondary N) is 2. The first kappa shape index (κ1) is 16.8. The van der Waals surface area contributed by atoms with Crippen LogP contribution < -0.4 is 10.6 Å². The molecule has 1 spiro atoms. The fourth-order valence-corrected chi connectivity index (χ4v) is 3.25. The van der Waals surface area contributed by atoms with Gasteiger partial charge in [-0.2, -0.15) is 0 Å². The van der Waals surface area contributed by atoms with Gasteiger partial charge in [0.15, 0.2) is 0 Å². The van der Waals surface area contributed by atoms with Crippen molar-refractivity contribution in [1.29, 1.82) is 0 Å². The molecule has 2 fully saturated rings. The number of carbonyl (C=O) groups is 3. The number of hydrogen-bond acceptors (Lipinski definition) is 3. The lowest BCUT2D eigenvalue weighted by molar-refractivity contribution is -0.137. The number of nitrogens with zero attached hydrogens (tertiary/aromatic N) is 1. The average molecular weight is 309 g/mol. The van der Waals surface area contributed by atoms with Gasteiger partial charge in [0.1, 0.15) is 12.1 Å². The molecule has 0 aromatic carbocycles. The van der Waals surface area contributed by atoms with Gasteiger partial charge < -0.3 is 10.6 Å². The van der Waals surface area contributed by atoms with Crippen LogP contribution in [0.2, 0.25) is 0 Å². The van der Waals surface area contributed by atoms with Crippen LogP contribution in [0.25, 0.3) is 0 Å². The Kier molecular flexibility index (Phi) is 4.78. The van der Waals surface area contributed by atoms with Gasteiger partial charge in [-0.25, -0.2) is 4.79 Å². The van der Waals surface area contributed by atoms with Crippen molar-refractivity contribution in [2.24, 2.45) is 11.8 Å². The Morgan fingerprint density at radius 3 is 2.64 bits per heavy atom. The van der Waals surface area contributed by atoms with Gasteiger partial charge in [-0.1, -0.05) is 33.6 Å². The molecule has 0 bridgehead atoms. The molecule has 1 aliphatic heterocycles. The minimum atomic E-state index is -0.792. The molecule has 0 radical (unpaired) electrons. The summed E-state index contributed by atoms with van der Waals surface area (Å²) in [6, 6.07) is -0.429. The van der Waals surface area contributed by atoms with Crippen LogP contribution in [-0.2, 0) is 9.59 Å². The maximum absolute atomic E-state index is 12.7. The molecule has 1 saturated heterocycles. The maximum atomic E-state index is 12.7. The van der Waals surface area contributed by atoms with Crippen LogP contribution in [0.4, 0.5) is 4.79 Å². The summed E-state index contributed by atoms with van der Waals surface area (Å²) in [5, 5.41) is 5.69. The third-order valence-electron chi connectivity index (χ3n) is 5.19. The van der Waals surface area contributed by atoms with Crippen LogP contribution in [0.1, 0.15) is 53.4 Å². The Morgan fingerprint density at radius 1 is 1.36 bits per heavy atom. The van der Waals surface area contributed by atoms with E-state index in [9.17, 15) is 14.4 Å². The van der Waals surface area contributed by atoms with Crippen molar-refractivity contribution in [3.8, 4) is 0 Å². The van der Waals surface area contributed by atoms with E-state index in [1.807, 2.05) is 27.7 Å². The van der Waals surface area contributed by atoms with Crippen molar-refractivity contribution < 1.29 is 14.4 Å². The minimum absolute atomic E-state index is 0.0100. The van der Waals surface area contributed by atoms with E-state index in [4.69, 9.17) is 0 Å². The molecule has 0 aromatic rings. The summed E-state index contributed by atoms with van der Waals surface area (Å²) in [5.41, 5.74) is -0.792. The summed E-state index contributed by atoms with van der Waals surface area (Å²) in [6.07, 6.45) is 3.61. The van der Waals surface area contributed by atoms with Crippen LogP contribution in [0.5, 0.6) is 0 Å². The highest BCUT2D eigenvalue weighted by atomic mass is 16.2. The average Bonchev–Trinajstić information content (AvgIpc) is 2.67. The van der Waals surface area contributed by atoms with Crippen molar-refractivity contribution in [1.82, 2.24) is 15.5 Å². The van der Waals surface area contributed by atoms with Crippen LogP contribution in [0, 0.1) is 11.8 Å². The fraction of sp³-hybridized carbons (Fsp3) is 0.812. The van der Waals surface area contributed by atoms with Crippen molar-refractivity contribution in [2.45, 2.75) is 65.0 Å². The van der Waals surface area contributed by atoms with Crippen molar-refractivity contribution >= 4 is 17.8 Å². The lowest BCUT2D eigenvalue weighted by Crippen LogP contribution is -2.54. The maximum Gasteiger partial charge on any atom is 0.325 e.